The van der Waals surface area contributed by atoms with Crippen molar-refractivity contribution in [3.05, 3.63) is 136 Å². The Kier molecular flexibility index (Phi) is 10.3. The molecule has 224 valence electrons. The topological polar surface area (TPSA) is 59.0 Å². The van der Waals surface area contributed by atoms with Gasteiger partial charge in [0.15, 0.2) is 6.10 Å². The lowest BCUT2D eigenvalue weighted by molar-refractivity contribution is -0.148. The Morgan fingerprint density at radius 2 is 1.44 bits per heavy atom. The van der Waals surface area contributed by atoms with Crippen LogP contribution in [0.4, 0.5) is 0 Å². The minimum atomic E-state index is -0.957. The third-order valence-corrected chi connectivity index (χ3v) is 8.68. The molecule has 0 saturated heterocycles. The molecule has 43 heavy (non-hydrogen) atoms. The van der Waals surface area contributed by atoms with Gasteiger partial charge < -0.3 is 14.6 Å². The lowest BCUT2D eigenvalue weighted by atomic mass is 9.91. The molecule has 2 atom stereocenters. The molecule has 5 rings (SSSR count). The van der Waals surface area contributed by atoms with Gasteiger partial charge in [0.05, 0.1) is 6.04 Å². The molecule has 4 aromatic carbocycles. The molecular weight excluding hydrogens is 534 g/mol. The third-order valence-electron chi connectivity index (χ3n) is 8.68. The molecule has 0 amide bonds. The van der Waals surface area contributed by atoms with Crippen LogP contribution in [-0.4, -0.2) is 49.4 Å². The molecule has 0 saturated carbocycles. The third kappa shape index (κ3) is 7.73. The number of benzene rings is 4. The predicted molar refractivity (Wildman–Crippen MR) is 172 cm³/mol. The van der Waals surface area contributed by atoms with Gasteiger partial charge in [0.25, 0.3) is 0 Å². The number of hydrogen-bond donors (Lipinski definition) is 1. The first-order valence-electron chi connectivity index (χ1n) is 15.4. The van der Waals surface area contributed by atoms with Gasteiger partial charge in [-0.3, -0.25) is 4.90 Å². The second kappa shape index (κ2) is 14.5. The highest BCUT2D eigenvalue weighted by atomic mass is 16.5. The number of ether oxygens (including phenoxy) is 2. The van der Waals surface area contributed by atoms with Gasteiger partial charge in [0.1, 0.15) is 12.4 Å². The van der Waals surface area contributed by atoms with Crippen LogP contribution in [0.1, 0.15) is 57.5 Å². The molecule has 1 aliphatic carbocycles. The first-order valence-corrected chi connectivity index (χ1v) is 15.4. The van der Waals surface area contributed by atoms with E-state index >= 15 is 0 Å². The van der Waals surface area contributed by atoms with Crippen LogP contribution in [0.5, 0.6) is 5.75 Å². The second-order valence-corrected chi connectivity index (χ2v) is 11.5. The fraction of sp³-hybridized carbons (Fsp3) is 0.342. The summed E-state index contributed by atoms with van der Waals surface area (Å²) in [5, 5.41) is 9.26. The summed E-state index contributed by atoms with van der Waals surface area (Å²) in [7, 11) is 3.62. The number of carboxylic acids is 1. The molecule has 0 spiro atoms. The van der Waals surface area contributed by atoms with Gasteiger partial charge in [-0.2, -0.15) is 0 Å². The monoisotopic (exact) mass is 577 g/mol. The summed E-state index contributed by atoms with van der Waals surface area (Å²) in [5.41, 5.74) is 10.8. The van der Waals surface area contributed by atoms with E-state index in [0.29, 0.717) is 13.0 Å². The highest BCUT2D eigenvalue weighted by Gasteiger charge is 2.27. The molecule has 4 aromatic rings. The first kappa shape index (κ1) is 30.5. The van der Waals surface area contributed by atoms with Gasteiger partial charge in [-0.05, 0) is 95.8 Å². The Morgan fingerprint density at radius 3 is 2.07 bits per heavy atom. The lowest BCUT2D eigenvalue weighted by Crippen LogP contribution is -2.30. The van der Waals surface area contributed by atoms with E-state index in [0.717, 1.165) is 50.0 Å². The van der Waals surface area contributed by atoms with Gasteiger partial charge >= 0.3 is 5.97 Å². The van der Waals surface area contributed by atoms with Gasteiger partial charge in [0.2, 0.25) is 0 Å². The molecule has 0 fully saturated rings. The Balaban J connectivity index is 1.30. The van der Waals surface area contributed by atoms with Gasteiger partial charge in [-0.25, -0.2) is 4.79 Å². The number of rotatable bonds is 13. The zero-order valence-corrected chi connectivity index (χ0v) is 25.6. The summed E-state index contributed by atoms with van der Waals surface area (Å²) >= 11 is 0. The summed E-state index contributed by atoms with van der Waals surface area (Å²) in [4.78, 5) is 13.7. The van der Waals surface area contributed by atoms with Crippen molar-refractivity contribution in [2.24, 2.45) is 0 Å². The van der Waals surface area contributed by atoms with Crippen LogP contribution < -0.4 is 4.74 Å². The van der Waals surface area contributed by atoms with E-state index in [2.05, 4.69) is 85.6 Å². The molecule has 0 radical (unpaired) electrons. The molecule has 5 nitrogen and oxygen atoms in total. The van der Waals surface area contributed by atoms with E-state index in [4.69, 9.17) is 9.47 Å². The van der Waals surface area contributed by atoms with Crippen molar-refractivity contribution in [2.45, 2.75) is 57.6 Å². The molecule has 1 N–H and O–H groups in total. The van der Waals surface area contributed by atoms with Crippen LogP contribution in [-0.2, 0) is 48.1 Å². The van der Waals surface area contributed by atoms with Crippen molar-refractivity contribution in [2.75, 3.05) is 27.3 Å². The molecule has 2 unspecified atom stereocenters. The van der Waals surface area contributed by atoms with Crippen molar-refractivity contribution in [1.29, 1.82) is 0 Å². The van der Waals surface area contributed by atoms with Gasteiger partial charge in [-0.15, -0.1) is 0 Å². The van der Waals surface area contributed by atoms with E-state index in [9.17, 15) is 9.90 Å². The SMILES string of the molecule is CCc1ccc2c(c1)CCc1cc(CCc3ccccc3)ccc1C2N(C)CCOc1ccc(CC(OC)C(=O)O)cc1. The summed E-state index contributed by atoms with van der Waals surface area (Å²) in [5.74, 6) is -0.180. The van der Waals surface area contributed by atoms with Crippen molar-refractivity contribution in [3.8, 4) is 5.75 Å². The number of nitrogens with zero attached hydrogens (tertiary/aromatic N) is 1. The second-order valence-electron chi connectivity index (χ2n) is 11.5. The van der Waals surface area contributed by atoms with Crippen molar-refractivity contribution in [3.63, 3.8) is 0 Å². The molecule has 0 bridgehead atoms. The normalized spacial score (nSPS) is 14.9. The maximum atomic E-state index is 11.3. The Hall–Kier alpha value is -3.93. The molecule has 5 heteroatoms. The van der Waals surface area contributed by atoms with Crippen LogP contribution >= 0.6 is 0 Å². The molecule has 0 aromatic heterocycles. The van der Waals surface area contributed by atoms with Crippen LogP contribution in [0, 0.1) is 0 Å². The number of likely N-dealkylation sites (N-methyl/N-ethyl adjacent to an activating group) is 1. The number of hydrogen-bond acceptors (Lipinski definition) is 4. The van der Waals surface area contributed by atoms with Crippen molar-refractivity contribution >= 4 is 5.97 Å². The molecule has 0 aliphatic heterocycles. The Morgan fingerprint density at radius 1 is 0.837 bits per heavy atom. The highest BCUT2D eigenvalue weighted by Crippen LogP contribution is 2.37. The quantitative estimate of drug-likeness (QED) is 0.188. The number of carbonyl (C=O) groups is 1. The van der Waals surface area contributed by atoms with E-state index in [-0.39, 0.29) is 6.04 Å². The summed E-state index contributed by atoms with van der Waals surface area (Å²) in [6.45, 7) is 3.54. The highest BCUT2D eigenvalue weighted by molar-refractivity contribution is 5.72. The summed E-state index contributed by atoms with van der Waals surface area (Å²) in [6.07, 6.45) is 4.71. The molecular formula is C38H43NO4. The van der Waals surface area contributed by atoms with Crippen LogP contribution in [0.3, 0.4) is 0 Å². The largest absolute Gasteiger partial charge is 0.492 e. The van der Waals surface area contributed by atoms with Crippen molar-refractivity contribution in [1.82, 2.24) is 4.90 Å². The Labute approximate surface area is 256 Å². The average Bonchev–Trinajstić information content (AvgIpc) is 3.19. The van der Waals surface area contributed by atoms with Crippen molar-refractivity contribution < 1.29 is 19.4 Å². The van der Waals surface area contributed by atoms with Crippen LogP contribution in [0.2, 0.25) is 0 Å². The molecule has 0 heterocycles. The van der Waals surface area contributed by atoms with Gasteiger partial charge in [-0.1, -0.05) is 85.8 Å². The number of carboxylic acid groups (broad SMARTS) is 1. The maximum absolute atomic E-state index is 11.3. The maximum Gasteiger partial charge on any atom is 0.333 e. The van der Waals surface area contributed by atoms with E-state index in [1.807, 2.05) is 24.3 Å². The van der Waals surface area contributed by atoms with Gasteiger partial charge in [0, 0.05) is 20.1 Å². The van der Waals surface area contributed by atoms with Crippen LogP contribution in [0.25, 0.3) is 0 Å². The smallest absolute Gasteiger partial charge is 0.333 e. The predicted octanol–water partition coefficient (Wildman–Crippen LogP) is 6.88. The van der Waals surface area contributed by atoms with E-state index in [1.54, 1.807) is 0 Å². The van der Waals surface area contributed by atoms with E-state index in [1.165, 1.54) is 46.1 Å². The number of aliphatic carboxylic acids is 1. The fourth-order valence-electron chi connectivity index (χ4n) is 6.15. The van der Waals surface area contributed by atoms with Crippen LogP contribution in [0.15, 0.2) is 91.0 Å². The zero-order valence-electron chi connectivity index (χ0n) is 25.6. The lowest BCUT2D eigenvalue weighted by Gasteiger charge is -2.31. The minimum Gasteiger partial charge on any atom is -0.492 e. The summed E-state index contributed by atoms with van der Waals surface area (Å²) in [6, 6.07) is 32.7. The molecule has 1 aliphatic rings. The average molecular weight is 578 g/mol. The number of fused-ring (bicyclic) bond motifs is 2. The standard InChI is InChI=1S/C38H43NO4/c1-4-27-14-20-34-31(24-27)16-17-32-25-29(11-10-28-8-6-5-7-9-28)15-21-35(32)37(34)39(2)22-23-43-33-18-12-30(13-19-33)26-36(42-3)38(40)41/h5-9,12-15,18-21,24-25,36-37H,4,10-11,16-17,22-23,26H2,1-3H3,(H,40,41). The fourth-order valence-corrected chi connectivity index (χ4v) is 6.15. The number of aryl methyl sites for hydroxylation is 5. The number of methoxy groups -OCH3 is 1. The summed E-state index contributed by atoms with van der Waals surface area (Å²) < 4.78 is 11.2. The first-order chi connectivity index (χ1) is 20.9. The Bertz CT molecular complexity index is 1500. The minimum absolute atomic E-state index is 0.162. The van der Waals surface area contributed by atoms with E-state index < -0.39 is 12.1 Å². The zero-order chi connectivity index (χ0) is 30.2.